The number of carbonyl (C=O) groups is 3. The van der Waals surface area contributed by atoms with Gasteiger partial charge in [-0.2, -0.15) is 13.2 Å². The Morgan fingerprint density at radius 3 is 2.32 bits per heavy atom. The van der Waals surface area contributed by atoms with E-state index in [2.05, 4.69) is 38.8 Å². The average Bonchev–Trinajstić information content (AvgIpc) is 2.87. The summed E-state index contributed by atoms with van der Waals surface area (Å²) in [5.41, 5.74) is 0.675. The van der Waals surface area contributed by atoms with Gasteiger partial charge in [0, 0.05) is 24.7 Å². The van der Waals surface area contributed by atoms with E-state index in [1.165, 1.54) is 13.3 Å². The minimum absolute atomic E-state index is 0.0546. The van der Waals surface area contributed by atoms with E-state index in [-0.39, 0.29) is 23.7 Å². The van der Waals surface area contributed by atoms with Crippen molar-refractivity contribution in [1.29, 1.82) is 0 Å². The first-order valence-corrected chi connectivity index (χ1v) is 11.5. The third kappa shape index (κ3) is 8.10. The van der Waals surface area contributed by atoms with Crippen molar-refractivity contribution in [2.24, 2.45) is 5.92 Å². The molecule has 1 fully saturated rings. The van der Waals surface area contributed by atoms with Crippen LogP contribution in [0.25, 0.3) is 0 Å². The second kappa shape index (κ2) is 13.1. The fraction of sp³-hybridized carbons (Fsp3) is 0.435. The van der Waals surface area contributed by atoms with Crippen molar-refractivity contribution in [1.82, 2.24) is 14.9 Å². The molecule has 15 heteroatoms. The van der Waals surface area contributed by atoms with Crippen molar-refractivity contribution in [3.63, 3.8) is 0 Å². The Bertz CT molecular complexity index is 1130. The number of carboxylic acid groups (broad SMARTS) is 1. The number of esters is 1. The molecular weight excluding hydrogens is 535 g/mol. The molecular formula is C23H27ClF3N5O6. The number of hydrogen-bond donors (Lipinski definition) is 2. The standard InChI is InChI=1S/C21H26ClN5O4.C2HF3O2/c1-13(2)17-12-26(19-11-23-16(10-24-19)20(28)31-4)7-8-27(17)21(29)25-15-9-14(22)5-6-18(15)30-3;3-2(4,5)1(6)7/h5-6,9-11,13,17H,7-8,12H2,1-4H3,(H,25,29);(H,6,7). The predicted molar refractivity (Wildman–Crippen MR) is 132 cm³/mol. The van der Waals surface area contributed by atoms with Crippen LogP contribution in [0.4, 0.5) is 29.5 Å². The SMILES string of the molecule is COC(=O)c1cnc(N2CCN(C(=O)Nc3cc(Cl)ccc3OC)C(C(C)C)C2)cn1.O=C(O)C(F)(F)F. The molecule has 1 aromatic carbocycles. The number of aromatic nitrogens is 2. The van der Waals surface area contributed by atoms with Crippen LogP contribution in [0.2, 0.25) is 5.02 Å². The number of amides is 2. The van der Waals surface area contributed by atoms with Crippen LogP contribution in [0.3, 0.4) is 0 Å². The van der Waals surface area contributed by atoms with Crippen LogP contribution in [0.1, 0.15) is 24.3 Å². The summed E-state index contributed by atoms with van der Waals surface area (Å²) >= 11 is 6.08. The molecule has 2 N–H and O–H groups in total. The van der Waals surface area contributed by atoms with E-state index < -0.39 is 18.1 Å². The monoisotopic (exact) mass is 561 g/mol. The van der Waals surface area contributed by atoms with Crippen LogP contribution in [0.15, 0.2) is 30.6 Å². The highest BCUT2D eigenvalue weighted by Crippen LogP contribution is 2.29. The number of rotatable bonds is 5. The Kier molecular flexibility index (Phi) is 10.5. The molecule has 1 saturated heterocycles. The van der Waals surface area contributed by atoms with Crippen molar-refractivity contribution >= 4 is 41.1 Å². The van der Waals surface area contributed by atoms with Crippen molar-refractivity contribution in [3.05, 3.63) is 41.3 Å². The van der Waals surface area contributed by atoms with Gasteiger partial charge >= 0.3 is 24.1 Å². The van der Waals surface area contributed by atoms with Gasteiger partial charge in [-0.3, -0.25) is 0 Å². The summed E-state index contributed by atoms with van der Waals surface area (Å²) in [4.78, 5) is 45.9. The molecule has 0 saturated carbocycles. The van der Waals surface area contributed by atoms with Crippen LogP contribution in [-0.4, -0.2) is 84.0 Å². The number of aliphatic carboxylic acids is 1. The van der Waals surface area contributed by atoms with Gasteiger partial charge in [-0.1, -0.05) is 25.4 Å². The molecule has 1 aliphatic heterocycles. The maximum atomic E-state index is 13.1. The lowest BCUT2D eigenvalue weighted by molar-refractivity contribution is -0.192. The summed E-state index contributed by atoms with van der Waals surface area (Å²) in [5.74, 6) is -1.89. The summed E-state index contributed by atoms with van der Waals surface area (Å²) < 4.78 is 41.7. The largest absolute Gasteiger partial charge is 0.495 e. The first kappa shape index (κ1) is 30.4. The van der Waals surface area contributed by atoms with Gasteiger partial charge in [0.05, 0.1) is 38.3 Å². The molecule has 0 spiro atoms. The first-order chi connectivity index (χ1) is 17.8. The van der Waals surface area contributed by atoms with E-state index in [1.54, 1.807) is 31.5 Å². The molecule has 208 valence electrons. The zero-order chi connectivity index (χ0) is 28.6. The Morgan fingerprint density at radius 1 is 1.16 bits per heavy atom. The summed E-state index contributed by atoms with van der Waals surface area (Å²) in [7, 11) is 2.84. The minimum atomic E-state index is -5.08. The number of nitrogens with zero attached hydrogens (tertiary/aromatic N) is 4. The molecule has 0 bridgehead atoms. The molecule has 3 rings (SSSR count). The van der Waals surface area contributed by atoms with Crippen LogP contribution >= 0.6 is 11.6 Å². The van der Waals surface area contributed by atoms with Crippen molar-refractivity contribution in [2.45, 2.75) is 26.1 Å². The van der Waals surface area contributed by atoms with Crippen LogP contribution in [0, 0.1) is 5.92 Å². The van der Waals surface area contributed by atoms with Crippen molar-refractivity contribution < 1.29 is 42.1 Å². The Morgan fingerprint density at radius 2 is 1.82 bits per heavy atom. The Hall–Kier alpha value is -3.81. The Labute approximate surface area is 221 Å². The lowest BCUT2D eigenvalue weighted by Crippen LogP contribution is -2.58. The summed E-state index contributed by atoms with van der Waals surface area (Å²) in [6, 6.07) is 4.81. The fourth-order valence-electron chi connectivity index (χ4n) is 3.50. The summed E-state index contributed by atoms with van der Waals surface area (Å²) in [5, 5.41) is 10.6. The number of benzene rings is 1. The van der Waals surface area contributed by atoms with Gasteiger partial charge in [0.15, 0.2) is 5.69 Å². The molecule has 11 nitrogen and oxygen atoms in total. The fourth-order valence-corrected chi connectivity index (χ4v) is 3.67. The van der Waals surface area contributed by atoms with E-state index in [0.717, 1.165) is 0 Å². The average molecular weight is 562 g/mol. The smallest absolute Gasteiger partial charge is 0.490 e. The minimum Gasteiger partial charge on any atom is -0.495 e. The maximum absolute atomic E-state index is 13.1. The zero-order valence-corrected chi connectivity index (χ0v) is 21.7. The maximum Gasteiger partial charge on any atom is 0.490 e. The second-order valence-corrected chi connectivity index (χ2v) is 8.72. The molecule has 1 unspecified atom stereocenters. The predicted octanol–water partition coefficient (Wildman–Crippen LogP) is 3.94. The number of alkyl halides is 3. The number of carbonyl (C=O) groups excluding carboxylic acids is 2. The highest BCUT2D eigenvalue weighted by atomic mass is 35.5. The normalized spacial score (nSPS) is 15.3. The number of halogens is 4. The van der Waals surface area contributed by atoms with Gasteiger partial charge in [-0.05, 0) is 24.1 Å². The molecule has 1 atom stereocenters. The number of nitrogens with one attached hydrogen (secondary N) is 1. The highest BCUT2D eigenvalue weighted by molar-refractivity contribution is 6.31. The van der Waals surface area contributed by atoms with Gasteiger partial charge in [0.2, 0.25) is 0 Å². The summed E-state index contributed by atoms with van der Waals surface area (Å²) in [6.07, 6.45) is -2.13. The van der Waals surface area contributed by atoms with E-state index >= 15 is 0 Å². The zero-order valence-electron chi connectivity index (χ0n) is 21.0. The number of ether oxygens (including phenoxy) is 2. The van der Waals surface area contributed by atoms with Crippen LogP contribution in [0.5, 0.6) is 5.75 Å². The van der Waals surface area contributed by atoms with Gasteiger partial charge in [-0.25, -0.2) is 24.4 Å². The third-order valence-electron chi connectivity index (χ3n) is 5.45. The highest BCUT2D eigenvalue weighted by Gasteiger charge is 2.38. The lowest BCUT2D eigenvalue weighted by Gasteiger charge is -2.43. The van der Waals surface area contributed by atoms with Gasteiger partial charge < -0.3 is 29.7 Å². The van der Waals surface area contributed by atoms with E-state index in [4.69, 9.17) is 26.2 Å². The van der Waals surface area contributed by atoms with E-state index in [9.17, 15) is 22.8 Å². The Balaban J connectivity index is 0.000000638. The van der Waals surface area contributed by atoms with Crippen LogP contribution in [-0.2, 0) is 9.53 Å². The first-order valence-electron chi connectivity index (χ1n) is 11.1. The number of piperazine rings is 1. The molecule has 1 aromatic heterocycles. The van der Waals surface area contributed by atoms with Gasteiger partial charge in [0.1, 0.15) is 11.6 Å². The van der Waals surface area contributed by atoms with E-state index in [0.29, 0.717) is 41.9 Å². The second-order valence-electron chi connectivity index (χ2n) is 8.28. The molecule has 0 aliphatic carbocycles. The number of hydrogen-bond acceptors (Lipinski definition) is 8. The third-order valence-corrected chi connectivity index (χ3v) is 5.69. The van der Waals surface area contributed by atoms with Gasteiger partial charge in [-0.15, -0.1) is 0 Å². The number of methoxy groups -OCH3 is 2. The molecule has 2 heterocycles. The van der Waals surface area contributed by atoms with Crippen molar-refractivity contribution in [3.8, 4) is 5.75 Å². The molecule has 2 aromatic rings. The molecule has 2 amide bonds. The lowest BCUT2D eigenvalue weighted by atomic mass is 10.00. The van der Waals surface area contributed by atoms with Gasteiger partial charge in [0.25, 0.3) is 0 Å². The quantitative estimate of drug-likeness (QED) is 0.520. The molecule has 0 radical (unpaired) electrons. The van der Waals surface area contributed by atoms with E-state index in [1.807, 2.05) is 4.90 Å². The molecule has 38 heavy (non-hydrogen) atoms. The number of urea groups is 1. The number of carboxylic acids is 1. The summed E-state index contributed by atoms with van der Waals surface area (Å²) in [6.45, 7) is 5.80. The number of anilines is 2. The topological polar surface area (TPSA) is 134 Å². The molecule has 1 aliphatic rings. The van der Waals surface area contributed by atoms with Crippen molar-refractivity contribution in [2.75, 3.05) is 44.1 Å². The van der Waals surface area contributed by atoms with Crippen LogP contribution < -0.4 is 15.0 Å².